The predicted octanol–water partition coefficient (Wildman–Crippen LogP) is 3.43. The maximum atomic E-state index is 4.54. The molecule has 0 atom stereocenters. The summed E-state index contributed by atoms with van der Waals surface area (Å²) in [6, 6.07) is 8.75. The van der Waals surface area contributed by atoms with Crippen LogP contribution >= 0.6 is 0 Å². The Bertz CT molecular complexity index is 655. The van der Waals surface area contributed by atoms with E-state index >= 15 is 0 Å². The topological polar surface area (TPSA) is 34.0 Å². The van der Waals surface area contributed by atoms with E-state index in [4.69, 9.17) is 0 Å². The summed E-state index contributed by atoms with van der Waals surface area (Å²) in [5.41, 5.74) is 2.91. The molecule has 0 unspecified atom stereocenters. The molecular formula is C18H24N4. The molecule has 4 heteroatoms. The first-order valence-corrected chi connectivity index (χ1v) is 8.54. The van der Waals surface area contributed by atoms with Crippen LogP contribution in [0.15, 0.2) is 24.3 Å². The van der Waals surface area contributed by atoms with Crippen LogP contribution in [0.1, 0.15) is 55.0 Å². The molecule has 0 bridgehead atoms. The molecule has 0 amide bonds. The summed E-state index contributed by atoms with van der Waals surface area (Å²) in [5.74, 6) is 2.83. The van der Waals surface area contributed by atoms with Crippen molar-refractivity contribution >= 4 is 5.95 Å². The first kappa shape index (κ1) is 13.8. The zero-order valence-electron chi connectivity index (χ0n) is 13.3. The number of aromatic nitrogens is 3. The first-order valence-electron chi connectivity index (χ1n) is 8.54. The lowest BCUT2D eigenvalue weighted by atomic mass is 9.89. The van der Waals surface area contributed by atoms with Crippen LogP contribution in [-0.2, 0) is 20.0 Å². The van der Waals surface area contributed by atoms with Crippen molar-refractivity contribution in [2.24, 2.45) is 7.05 Å². The summed E-state index contributed by atoms with van der Waals surface area (Å²) < 4.78 is 2.24. The summed E-state index contributed by atoms with van der Waals surface area (Å²) in [4.78, 5) is 2.38. The van der Waals surface area contributed by atoms with Crippen LogP contribution in [0, 0.1) is 0 Å². The van der Waals surface area contributed by atoms with E-state index in [-0.39, 0.29) is 0 Å². The Morgan fingerprint density at radius 3 is 2.59 bits per heavy atom. The molecule has 1 aliphatic carbocycles. The van der Waals surface area contributed by atoms with Crippen LogP contribution in [0.2, 0.25) is 0 Å². The van der Waals surface area contributed by atoms with E-state index in [9.17, 15) is 0 Å². The summed E-state index contributed by atoms with van der Waals surface area (Å²) >= 11 is 0. The van der Waals surface area contributed by atoms with Gasteiger partial charge in [-0.1, -0.05) is 43.5 Å². The molecule has 4 rings (SSSR count). The van der Waals surface area contributed by atoms with Gasteiger partial charge in [-0.15, -0.1) is 10.2 Å². The van der Waals surface area contributed by atoms with Gasteiger partial charge in [0, 0.05) is 26.1 Å². The Labute approximate surface area is 132 Å². The van der Waals surface area contributed by atoms with Crippen LogP contribution in [0.25, 0.3) is 0 Å². The lowest BCUT2D eigenvalue weighted by Crippen LogP contribution is -2.32. The van der Waals surface area contributed by atoms with E-state index in [2.05, 4.69) is 51.0 Å². The van der Waals surface area contributed by atoms with Crippen molar-refractivity contribution in [2.45, 2.75) is 51.0 Å². The fraction of sp³-hybridized carbons (Fsp3) is 0.556. The molecule has 0 radical (unpaired) electrons. The zero-order chi connectivity index (χ0) is 14.9. The second-order valence-electron chi connectivity index (χ2n) is 6.69. The highest BCUT2D eigenvalue weighted by molar-refractivity contribution is 5.40. The molecular weight excluding hydrogens is 272 g/mol. The Morgan fingerprint density at radius 2 is 1.77 bits per heavy atom. The van der Waals surface area contributed by atoms with Crippen molar-refractivity contribution < 1.29 is 0 Å². The second kappa shape index (κ2) is 5.75. The fourth-order valence-corrected chi connectivity index (χ4v) is 3.99. The number of fused-ring (bicyclic) bond motifs is 1. The Morgan fingerprint density at radius 1 is 1.00 bits per heavy atom. The molecule has 0 spiro atoms. The molecule has 1 saturated carbocycles. The number of hydrogen-bond donors (Lipinski definition) is 0. The third-order valence-corrected chi connectivity index (χ3v) is 5.27. The van der Waals surface area contributed by atoms with Gasteiger partial charge in [-0.25, -0.2) is 0 Å². The number of nitrogens with zero attached hydrogens (tertiary/aromatic N) is 4. The first-order chi connectivity index (χ1) is 10.8. The number of anilines is 1. The van der Waals surface area contributed by atoms with Gasteiger partial charge in [0.25, 0.3) is 0 Å². The van der Waals surface area contributed by atoms with Gasteiger partial charge in [-0.3, -0.25) is 0 Å². The Balaban J connectivity index is 1.58. The van der Waals surface area contributed by atoms with Gasteiger partial charge in [-0.2, -0.15) is 0 Å². The van der Waals surface area contributed by atoms with Gasteiger partial charge in [0.05, 0.1) is 0 Å². The van der Waals surface area contributed by atoms with E-state index in [1.807, 2.05) is 0 Å². The molecule has 0 saturated heterocycles. The van der Waals surface area contributed by atoms with Gasteiger partial charge >= 0.3 is 0 Å². The maximum absolute atomic E-state index is 4.54. The summed E-state index contributed by atoms with van der Waals surface area (Å²) in [7, 11) is 2.14. The molecule has 2 heterocycles. The molecule has 1 aromatic heterocycles. The Hall–Kier alpha value is -1.84. The molecule has 1 aromatic carbocycles. The zero-order valence-corrected chi connectivity index (χ0v) is 13.3. The van der Waals surface area contributed by atoms with E-state index in [0.717, 1.165) is 25.5 Å². The van der Waals surface area contributed by atoms with E-state index in [1.54, 1.807) is 0 Å². The second-order valence-corrected chi connectivity index (χ2v) is 6.69. The third kappa shape index (κ3) is 2.40. The Kier molecular flexibility index (Phi) is 3.60. The van der Waals surface area contributed by atoms with Crippen molar-refractivity contribution in [3.63, 3.8) is 0 Å². The quantitative estimate of drug-likeness (QED) is 0.851. The van der Waals surface area contributed by atoms with Crippen LogP contribution in [-0.4, -0.2) is 21.3 Å². The minimum Gasteiger partial charge on any atom is -0.336 e. The normalized spacial score (nSPS) is 19.2. The van der Waals surface area contributed by atoms with E-state index < -0.39 is 0 Å². The van der Waals surface area contributed by atoms with Crippen molar-refractivity contribution in [1.29, 1.82) is 0 Å². The molecule has 22 heavy (non-hydrogen) atoms. The van der Waals surface area contributed by atoms with Crippen LogP contribution in [0.5, 0.6) is 0 Å². The SMILES string of the molecule is Cn1c(C2CCCCC2)nnc1N1CCc2ccccc2C1. The fourth-order valence-electron chi connectivity index (χ4n) is 3.99. The minimum absolute atomic E-state index is 0.608. The lowest BCUT2D eigenvalue weighted by Gasteiger charge is -2.29. The van der Waals surface area contributed by atoms with Crippen molar-refractivity contribution in [2.75, 3.05) is 11.4 Å². The summed E-state index contributed by atoms with van der Waals surface area (Å²) in [5, 5.41) is 9.07. The number of rotatable bonds is 2. The van der Waals surface area contributed by atoms with Crippen molar-refractivity contribution in [3.05, 3.63) is 41.2 Å². The minimum atomic E-state index is 0.608. The lowest BCUT2D eigenvalue weighted by molar-refractivity contribution is 0.420. The number of hydrogen-bond acceptors (Lipinski definition) is 3. The van der Waals surface area contributed by atoms with Gasteiger partial charge in [-0.05, 0) is 30.4 Å². The highest BCUT2D eigenvalue weighted by Gasteiger charge is 2.25. The molecule has 2 aliphatic rings. The molecule has 4 nitrogen and oxygen atoms in total. The van der Waals surface area contributed by atoms with Crippen molar-refractivity contribution in [3.8, 4) is 0 Å². The predicted molar refractivity (Wildman–Crippen MR) is 88.0 cm³/mol. The van der Waals surface area contributed by atoms with Crippen LogP contribution in [0.3, 0.4) is 0 Å². The van der Waals surface area contributed by atoms with Crippen molar-refractivity contribution in [1.82, 2.24) is 14.8 Å². The van der Waals surface area contributed by atoms with Crippen LogP contribution in [0.4, 0.5) is 5.95 Å². The third-order valence-electron chi connectivity index (χ3n) is 5.27. The molecule has 116 valence electrons. The molecule has 1 fully saturated rings. The van der Waals surface area contributed by atoms with E-state index in [1.165, 1.54) is 49.1 Å². The van der Waals surface area contributed by atoms with Crippen LogP contribution < -0.4 is 4.90 Å². The largest absolute Gasteiger partial charge is 0.336 e. The smallest absolute Gasteiger partial charge is 0.227 e. The molecule has 1 aliphatic heterocycles. The summed E-state index contributed by atoms with van der Waals surface area (Å²) in [6.45, 7) is 1.99. The van der Waals surface area contributed by atoms with Gasteiger partial charge < -0.3 is 9.47 Å². The summed E-state index contributed by atoms with van der Waals surface area (Å²) in [6.07, 6.45) is 7.70. The maximum Gasteiger partial charge on any atom is 0.227 e. The average molecular weight is 296 g/mol. The number of benzene rings is 1. The van der Waals surface area contributed by atoms with Gasteiger partial charge in [0.2, 0.25) is 5.95 Å². The standard InChI is InChI=1S/C18H24N4/c1-21-17(15-8-3-2-4-9-15)19-20-18(21)22-12-11-14-7-5-6-10-16(14)13-22/h5-7,10,15H,2-4,8-9,11-13H2,1H3. The highest BCUT2D eigenvalue weighted by atomic mass is 15.4. The molecule has 2 aromatic rings. The van der Waals surface area contributed by atoms with Gasteiger partial charge in [0.15, 0.2) is 0 Å². The molecule has 0 N–H and O–H groups in total. The van der Waals surface area contributed by atoms with Gasteiger partial charge in [0.1, 0.15) is 5.82 Å². The monoisotopic (exact) mass is 296 g/mol. The average Bonchev–Trinajstić information content (AvgIpc) is 2.97. The van der Waals surface area contributed by atoms with E-state index in [0.29, 0.717) is 5.92 Å². The highest BCUT2D eigenvalue weighted by Crippen LogP contribution is 2.33.